The van der Waals surface area contributed by atoms with Crippen molar-refractivity contribution in [1.29, 1.82) is 0 Å². The first-order valence-corrected chi connectivity index (χ1v) is 8.88. The molecule has 7 nitrogen and oxygen atoms in total. The summed E-state index contributed by atoms with van der Waals surface area (Å²) in [5.74, 6) is -0.337. The summed E-state index contributed by atoms with van der Waals surface area (Å²) in [5.41, 5.74) is 1.01. The Morgan fingerprint density at radius 3 is 2.42 bits per heavy atom. The normalized spacial score (nSPS) is 25.7. The summed E-state index contributed by atoms with van der Waals surface area (Å²) in [5, 5.41) is 0. The third-order valence-corrected chi connectivity index (χ3v) is 5.15. The number of rotatable bonds is 3. The fourth-order valence-corrected chi connectivity index (χ4v) is 3.90. The van der Waals surface area contributed by atoms with Gasteiger partial charge in [-0.3, -0.25) is 14.5 Å². The fourth-order valence-electron chi connectivity index (χ4n) is 3.90. The molecule has 3 rings (SSSR count). The Balaban J connectivity index is 1.95. The van der Waals surface area contributed by atoms with Crippen LogP contribution in [0, 0.1) is 5.92 Å². The van der Waals surface area contributed by atoms with Crippen molar-refractivity contribution < 1.29 is 19.1 Å². The van der Waals surface area contributed by atoms with E-state index in [1.807, 2.05) is 44.2 Å². The molecule has 7 heteroatoms. The van der Waals surface area contributed by atoms with E-state index in [0.29, 0.717) is 6.54 Å². The van der Waals surface area contributed by atoms with Gasteiger partial charge in [-0.15, -0.1) is 0 Å². The first-order valence-electron chi connectivity index (χ1n) is 8.88. The van der Waals surface area contributed by atoms with Crippen molar-refractivity contribution in [2.45, 2.75) is 45.6 Å². The molecule has 140 valence electrons. The van der Waals surface area contributed by atoms with Crippen LogP contribution in [-0.2, 0) is 20.9 Å². The molecule has 3 atom stereocenters. The Morgan fingerprint density at radius 1 is 1.19 bits per heavy atom. The van der Waals surface area contributed by atoms with Crippen LogP contribution in [0.2, 0.25) is 0 Å². The highest BCUT2D eigenvalue weighted by Crippen LogP contribution is 2.33. The molecular formula is C19H25N3O4. The minimum Gasteiger partial charge on any atom is -0.453 e. The fraction of sp³-hybridized carbons (Fsp3) is 0.526. The lowest BCUT2D eigenvalue weighted by molar-refractivity contribution is -0.156. The maximum absolute atomic E-state index is 13.1. The Kier molecular flexibility index (Phi) is 4.89. The number of piperazine rings is 1. The smallest absolute Gasteiger partial charge is 0.411 e. The molecule has 3 amide bonds. The van der Waals surface area contributed by atoms with E-state index in [2.05, 4.69) is 0 Å². The van der Waals surface area contributed by atoms with Gasteiger partial charge in [0.25, 0.3) is 0 Å². The van der Waals surface area contributed by atoms with Crippen LogP contribution in [-0.4, -0.2) is 64.5 Å². The zero-order chi connectivity index (χ0) is 19.0. The summed E-state index contributed by atoms with van der Waals surface area (Å²) < 4.78 is 4.88. The second kappa shape index (κ2) is 6.97. The lowest BCUT2D eigenvalue weighted by Gasteiger charge is -2.45. The van der Waals surface area contributed by atoms with E-state index in [4.69, 9.17) is 4.74 Å². The highest BCUT2D eigenvalue weighted by molar-refractivity contribution is 5.95. The lowest BCUT2D eigenvalue weighted by Crippen LogP contribution is -2.64. The van der Waals surface area contributed by atoms with E-state index in [1.165, 1.54) is 12.0 Å². The van der Waals surface area contributed by atoms with Crippen molar-refractivity contribution in [2.24, 2.45) is 5.92 Å². The molecule has 0 bridgehead atoms. The average molecular weight is 359 g/mol. The third kappa shape index (κ3) is 2.91. The molecule has 26 heavy (non-hydrogen) atoms. The van der Waals surface area contributed by atoms with Crippen molar-refractivity contribution in [1.82, 2.24) is 14.7 Å². The zero-order valence-electron chi connectivity index (χ0n) is 15.6. The van der Waals surface area contributed by atoms with Crippen LogP contribution in [0.15, 0.2) is 30.3 Å². The van der Waals surface area contributed by atoms with Crippen molar-refractivity contribution in [3.05, 3.63) is 35.9 Å². The number of nitrogens with zero attached hydrogens (tertiary/aromatic N) is 3. The summed E-state index contributed by atoms with van der Waals surface area (Å²) in [6.07, 6.45) is -1.05. The molecule has 2 saturated heterocycles. The summed E-state index contributed by atoms with van der Waals surface area (Å²) in [6.45, 7) is 6.25. The van der Waals surface area contributed by atoms with E-state index in [-0.39, 0.29) is 24.3 Å². The molecule has 0 aliphatic carbocycles. The highest BCUT2D eigenvalue weighted by atomic mass is 16.5. The third-order valence-electron chi connectivity index (χ3n) is 5.15. The summed E-state index contributed by atoms with van der Waals surface area (Å²) >= 11 is 0. The van der Waals surface area contributed by atoms with Crippen molar-refractivity contribution >= 4 is 17.9 Å². The molecule has 2 fully saturated rings. The van der Waals surface area contributed by atoms with Crippen molar-refractivity contribution in [3.8, 4) is 0 Å². The number of hydrogen-bond acceptors (Lipinski definition) is 4. The van der Waals surface area contributed by atoms with Crippen LogP contribution < -0.4 is 0 Å². The number of hydrogen-bond donors (Lipinski definition) is 0. The van der Waals surface area contributed by atoms with Gasteiger partial charge in [-0.05, 0) is 18.4 Å². The number of amides is 3. The van der Waals surface area contributed by atoms with Crippen LogP contribution in [0.5, 0.6) is 0 Å². The number of carbonyl (C=O) groups is 3. The maximum atomic E-state index is 13.1. The second-order valence-corrected chi connectivity index (χ2v) is 7.17. The SMILES string of the molecule is COC(=O)N1[C@H]2CN(Cc3ccccc3)C(=O)[C@H](C(C)C)N2C(=O)[C@@H]1C. The summed E-state index contributed by atoms with van der Waals surface area (Å²) in [7, 11) is 1.30. The summed E-state index contributed by atoms with van der Waals surface area (Å²) in [6, 6.07) is 8.49. The molecule has 1 aromatic carbocycles. The van der Waals surface area contributed by atoms with Gasteiger partial charge in [0.1, 0.15) is 18.2 Å². The standard InChI is InChI=1S/C19H25N3O4/c1-12(2)16-18(24)20(10-14-8-6-5-7-9-14)11-15-21(19(25)26-4)13(3)17(23)22(15)16/h5-9,12-13,15-16H,10-11H2,1-4H3/t13-,15+,16-/m0/s1. The van der Waals surface area contributed by atoms with Crippen LogP contribution in [0.4, 0.5) is 4.79 Å². The van der Waals surface area contributed by atoms with Gasteiger partial charge in [-0.25, -0.2) is 4.79 Å². The topological polar surface area (TPSA) is 70.2 Å². The molecule has 0 unspecified atom stereocenters. The Morgan fingerprint density at radius 2 is 1.85 bits per heavy atom. The number of benzene rings is 1. The minimum absolute atomic E-state index is 0.0580. The van der Waals surface area contributed by atoms with Gasteiger partial charge < -0.3 is 14.5 Å². The highest BCUT2D eigenvalue weighted by Gasteiger charge is 2.55. The van der Waals surface area contributed by atoms with Gasteiger partial charge in [-0.2, -0.15) is 0 Å². The molecule has 0 spiro atoms. The Hall–Kier alpha value is -2.57. The second-order valence-electron chi connectivity index (χ2n) is 7.17. The average Bonchev–Trinajstić information content (AvgIpc) is 2.86. The van der Waals surface area contributed by atoms with E-state index < -0.39 is 24.3 Å². The monoisotopic (exact) mass is 359 g/mol. The first kappa shape index (κ1) is 18.2. The van der Waals surface area contributed by atoms with Gasteiger partial charge in [0.15, 0.2) is 0 Å². The molecule has 0 N–H and O–H groups in total. The van der Waals surface area contributed by atoms with Crippen LogP contribution >= 0.6 is 0 Å². The molecule has 2 aliphatic heterocycles. The van der Waals surface area contributed by atoms with Crippen LogP contribution in [0.1, 0.15) is 26.3 Å². The maximum Gasteiger partial charge on any atom is 0.411 e. The number of fused-ring (bicyclic) bond motifs is 1. The lowest BCUT2D eigenvalue weighted by atomic mass is 9.97. The largest absolute Gasteiger partial charge is 0.453 e. The molecule has 2 aliphatic rings. The van der Waals surface area contributed by atoms with Gasteiger partial charge in [0.05, 0.1) is 13.7 Å². The van der Waals surface area contributed by atoms with Crippen molar-refractivity contribution in [2.75, 3.05) is 13.7 Å². The predicted molar refractivity (Wildman–Crippen MR) is 94.8 cm³/mol. The number of carbonyl (C=O) groups excluding carboxylic acids is 3. The molecular weight excluding hydrogens is 334 g/mol. The van der Waals surface area contributed by atoms with E-state index in [0.717, 1.165) is 5.56 Å². The van der Waals surface area contributed by atoms with E-state index in [1.54, 1.807) is 16.7 Å². The Bertz CT molecular complexity index is 706. The molecule has 0 saturated carbocycles. The zero-order valence-corrected chi connectivity index (χ0v) is 15.6. The van der Waals surface area contributed by atoms with E-state index in [9.17, 15) is 14.4 Å². The predicted octanol–water partition coefficient (Wildman–Crippen LogP) is 1.68. The molecule has 2 heterocycles. The van der Waals surface area contributed by atoms with Crippen LogP contribution in [0.3, 0.4) is 0 Å². The Labute approximate surface area is 153 Å². The van der Waals surface area contributed by atoms with Gasteiger partial charge in [-0.1, -0.05) is 44.2 Å². The minimum atomic E-state index is -0.641. The number of ether oxygens (including phenoxy) is 1. The van der Waals surface area contributed by atoms with E-state index >= 15 is 0 Å². The summed E-state index contributed by atoms with van der Waals surface area (Å²) in [4.78, 5) is 42.9. The molecule has 0 radical (unpaired) electrons. The molecule has 1 aromatic rings. The van der Waals surface area contributed by atoms with Gasteiger partial charge in [0.2, 0.25) is 11.8 Å². The first-order chi connectivity index (χ1) is 12.4. The van der Waals surface area contributed by atoms with Gasteiger partial charge >= 0.3 is 6.09 Å². The van der Waals surface area contributed by atoms with Gasteiger partial charge in [0, 0.05) is 6.54 Å². The number of methoxy groups -OCH3 is 1. The van der Waals surface area contributed by atoms with Crippen LogP contribution in [0.25, 0.3) is 0 Å². The molecule has 0 aromatic heterocycles. The van der Waals surface area contributed by atoms with Crippen molar-refractivity contribution in [3.63, 3.8) is 0 Å². The quantitative estimate of drug-likeness (QED) is 0.823.